The predicted molar refractivity (Wildman–Crippen MR) is 74.5 cm³/mol. The van der Waals surface area contributed by atoms with E-state index < -0.39 is 5.97 Å². The molecule has 0 atom stereocenters. The number of nitrogens with zero attached hydrogens (tertiary/aromatic N) is 1. The van der Waals surface area contributed by atoms with Crippen molar-refractivity contribution in [2.75, 3.05) is 12.8 Å². The molecule has 1 aliphatic rings. The molecule has 0 saturated heterocycles. The van der Waals surface area contributed by atoms with E-state index in [-0.39, 0.29) is 22.9 Å². The van der Waals surface area contributed by atoms with Crippen LogP contribution in [0.4, 0.5) is 0 Å². The number of carbonyl (C=O) groups excluding carboxylic acids is 1. The van der Waals surface area contributed by atoms with Gasteiger partial charge in [-0.25, -0.2) is 4.79 Å². The quantitative estimate of drug-likeness (QED) is 0.831. The Morgan fingerprint density at radius 1 is 1.53 bits per heavy atom. The molecule has 0 unspecified atom stereocenters. The van der Waals surface area contributed by atoms with Gasteiger partial charge in [-0.05, 0) is 31.2 Å². The highest BCUT2D eigenvalue weighted by Crippen LogP contribution is 2.42. The monoisotopic (exact) mass is 282 g/mol. The van der Waals surface area contributed by atoms with E-state index in [1.54, 1.807) is 24.0 Å². The molecule has 0 spiro atoms. The molecule has 1 aromatic rings. The van der Waals surface area contributed by atoms with Crippen LogP contribution in [0.1, 0.15) is 29.8 Å². The molecule has 1 aromatic heterocycles. The van der Waals surface area contributed by atoms with Crippen molar-refractivity contribution in [1.29, 1.82) is 0 Å². The molecule has 5 nitrogen and oxygen atoms in total. The van der Waals surface area contributed by atoms with Gasteiger partial charge in [-0.15, -0.1) is 0 Å². The van der Waals surface area contributed by atoms with Crippen LogP contribution < -0.4 is 5.32 Å². The third-order valence-corrected chi connectivity index (χ3v) is 5.09. The van der Waals surface area contributed by atoms with Gasteiger partial charge in [-0.3, -0.25) is 4.79 Å². The number of hydrogen-bond donors (Lipinski definition) is 2. The van der Waals surface area contributed by atoms with E-state index in [2.05, 4.69) is 11.6 Å². The normalized spacial score (nSPS) is 16.7. The highest BCUT2D eigenvalue weighted by atomic mass is 32.2. The fraction of sp³-hybridized carbons (Fsp3) is 0.538. The van der Waals surface area contributed by atoms with Crippen LogP contribution >= 0.6 is 11.8 Å². The molecular weight excluding hydrogens is 264 g/mol. The molecule has 1 heterocycles. The average Bonchev–Trinajstić information content (AvgIpc) is 2.76. The Hall–Kier alpha value is -1.43. The van der Waals surface area contributed by atoms with Crippen LogP contribution in [-0.2, 0) is 11.3 Å². The van der Waals surface area contributed by atoms with E-state index in [0.717, 1.165) is 12.8 Å². The summed E-state index contributed by atoms with van der Waals surface area (Å²) in [6.07, 6.45) is 7.17. The van der Waals surface area contributed by atoms with Crippen molar-refractivity contribution in [3.05, 3.63) is 24.0 Å². The molecule has 19 heavy (non-hydrogen) atoms. The highest BCUT2D eigenvalue weighted by molar-refractivity contribution is 8.00. The van der Waals surface area contributed by atoms with Crippen molar-refractivity contribution in [2.45, 2.75) is 30.6 Å². The third-order valence-electron chi connectivity index (χ3n) is 3.67. The summed E-state index contributed by atoms with van der Waals surface area (Å²) in [5.41, 5.74) is 0.137. The summed E-state index contributed by atoms with van der Waals surface area (Å²) in [7, 11) is 0. The number of rotatable bonds is 6. The molecule has 0 bridgehead atoms. The Kier molecular flexibility index (Phi) is 4.19. The van der Waals surface area contributed by atoms with Crippen molar-refractivity contribution >= 4 is 23.6 Å². The van der Waals surface area contributed by atoms with Gasteiger partial charge in [0.1, 0.15) is 12.2 Å². The van der Waals surface area contributed by atoms with Gasteiger partial charge in [0.25, 0.3) is 0 Å². The average molecular weight is 282 g/mol. The molecule has 1 fully saturated rings. The van der Waals surface area contributed by atoms with Crippen LogP contribution in [-0.4, -0.2) is 39.1 Å². The maximum atomic E-state index is 11.9. The summed E-state index contributed by atoms with van der Waals surface area (Å²) in [4.78, 5) is 22.8. The van der Waals surface area contributed by atoms with E-state index in [4.69, 9.17) is 5.11 Å². The lowest BCUT2D eigenvalue weighted by atomic mass is 9.84. The minimum atomic E-state index is -1.02. The summed E-state index contributed by atoms with van der Waals surface area (Å²) in [6.45, 7) is 0.718. The molecule has 2 rings (SSSR count). The first-order valence-electron chi connectivity index (χ1n) is 6.27. The number of hydrogen-bond acceptors (Lipinski definition) is 3. The lowest BCUT2D eigenvalue weighted by Crippen LogP contribution is -2.46. The molecule has 1 saturated carbocycles. The Morgan fingerprint density at radius 3 is 2.79 bits per heavy atom. The van der Waals surface area contributed by atoms with Gasteiger partial charge < -0.3 is 15.0 Å². The zero-order valence-electron chi connectivity index (χ0n) is 10.9. The Balaban J connectivity index is 1.87. The second-order valence-corrected chi connectivity index (χ2v) is 6.12. The number of carboxylic acid groups (broad SMARTS) is 1. The fourth-order valence-electron chi connectivity index (χ4n) is 2.24. The number of nitrogens with one attached hydrogen (secondary N) is 1. The lowest BCUT2D eigenvalue weighted by molar-refractivity contribution is -0.121. The first-order chi connectivity index (χ1) is 9.06. The molecule has 0 aromatic carbocycles. The first kappa shape index (κ1) is 14.0. The molecule has 2 N–H and O–H groups in total. The van der Waals surface area contributed by atoms with Crippen molar-refractivity contribution in [2.24, 2.45) is 0 Å². The molecule has 0 aliphatic heterocycles. The fourth-order valence-corrected chi connectivity index (χ4v) is 3.15. The summed E-state index contributed by atoms with van der Waals surface area (Å²) >= 11 is 1.80. The van der Waals surface area contributed by atoms with Gasteiger partial charge in [0, 0.05) is 17.5 Å². The summed E-state index contributed by atoms with van der Waals surface area (Å²) in [5.74, 6) is -1.16. The molecule has 104 valence electrons. The number of thioether (sulfide) groups is 1. The van der Waals surface area contributed by atoms with Gasteiger partial charge in [0.15, 0.2) is 0 Å². The van der Waals surface area contributed by atoms with Crippen LogP contribution in [0.5, 0.6) is 0 Å². The molecule has 6 heteroatoms. The van der Waals surface area contributed by atoms with E-state index in [1.165, 1.54) is 17.1 Å². The minimum absolute atomic E-state index is 0.0547. The standard InChI is InChI=1S/C13H18N2O3S/c1-19-13(5-3-6-13)9-14-11(16)8-15-7-2-4-10(15)12(17)18/h2,4,7H,3,5-6,8-9H2,1H3,(H,14,16)(H,17,18). The van der Waals surface area contributed by atoms with Crippen molar-refractivity contribution in [1.82, 2.24) is 9.88 Å². The maximum Gasteiger partial charge on any atom is 0.352 e. The Labute approximate surface area is 116 Å². The Morgan fingerprint density at radius 2 is 2.26 bits per heavy atom. The third kappa shape index (κ3) is 3.12. The van der Waals surface area contributed by atoms with E-state index in [0.29, 0.717) is 6.54 Å². The molecule has 1 amide bonds. The number of amides is 1. The van der Waals surface area contributed by atoms with Gasteiger partial charge in [-0.1, -0.05) is 6.42 Å². The smallest absolute Gasteiger partial charge is 0.352 e. The van der Waals surface area contributed by atoms with Crippen LogP contribution in [0.2, 0.25) is 0 Å². The largest absolute Gasteiger partial charge is 0.477 e. The van der Waals surface area contributed by atoms with E-state index >= 15 is 0 Å². The molecular formula is C13H18N2O3S. The summed E-state index contributed by atoms with van der Waals surface area (Å²) < 4.78 is 1.65. The molecule has 1 aliphatic carbocycles. The van der Waals surface area contributed by atoms with Gasteiger partial charge in [0.2, 0.25) is 5.91 Å². The van der Waals surface area contributed by atoms with Crippen molar-refractivity contribution < 1.29 is 14.7 Å². The maximum absolute atomic E-state index is 11.9. The zero-order valence-corrected chi connectivity index (χ0v) is 11.7. The first-order valence-corrected chi connectivity index (χ1v) is 7.49. The van der Waals surface area contributed by atoms with Gasteiger partial charge >= 0.3 is 5.97 Å². The molecule has 0 radical (unpaired) electrons. The van der Waals surface area contributed by atoms with Crippen LogP contribution in [0.25, 0.3) is 0 Å². The summed E-state index contributed by atoms with van der Waals surface area (Å²) in [6, 6.07) is 3.12. The van der Waals surface area contributed by atoms with Crippen LogP contribution in [0.3, 0.4) is 0 Å². The number of carbonyl (C=O) groups is 2. The minimum Gasteiger partial charge on any atom is -0.477 e. The number of aromatic nitrogens is 1. The van der Waals surface area contributed by atoms with E-state index in [1.807, 2.05) is 0 Å². The SMILES string of the molecule is CSC1(CNC(=O)Cn2cccc2C(=O)O)CCC1. The zero-order chi connectivity index (χ0) is 13.9. The van der Waals surface area contributed by atoms with Crippen LogP contribution in [0, 0.1) is 0 Å². The van der Waals surface area contributed by atoms with Gasteiger partial charge in [-0.2, -0.15) is 11.8 Å². The number of aromatic carboxylic acids is 1. The lowest BCUT2D eigenvalue weighted by Gasteiger charge is -2.40. The predicted octanol–water partition coefficient (Wildman–Crippen LogP) is 1.59. The van der Waals surface area contributed by atoms with Gasteiger partial charge in [0.05, 0.1) is 0 Å². The second-order valence-electron chi connectivity index (χ2n) is 4.84. The van der Waals surface area contributed by atoms with Crippen molar-refractivity contribution in [3.8, 4) is 0 Å². The van der Waals surface area contributed by atoms with Crippen molar-refractivity contribution in [3.63, 3.8) is 0 Å². The van der Waals surface area contributed by atoms with Crippen LogP contribution in [0.15, 0.2) is 18.3 Å². The number of carboxylic acids is 1. The second kappa shape index (κ2) is 5.69. The highest BCUT2D eigenvalue weighted by Gasteiger charge is 2.36. The van der Waals surface area contributed by atoms with E-state index in [9.17, 15) is 9.59 Å². The topological polar surface area (TPSA) is 71.3 Å². The Bertz CT molecular complexity index is 474. The summed E-state index contributed by atoms with van der Waals surface area (Å²) in [5, 5.41) is 11.9.